The van der Waals surface area contributed by atoms with Crippen LogP contribution in [0.25, 0.3) is 0 Å². The molecule has 4 amide bonds. The summed E-state index contributed by atoms with van der Waals surface area (Å²) in [4.78, 5) is 77.9. The average Bonchev–Trinajstić information content (AvgIpc) is 3.32. The van der Waals surface area contributed by atoms with Crippen LogP contribution in [-0.2, 0) is 15.0 Å². The summed E-state index contributed by atoms with van der Waals surface area (Å²) in [5.41, 5.74) is -10.7. The summed E-state index contributed by atoms with van der Waals surface area (Å²) < 4.78 is 90.2. The lowest BCUT2D eigenvalue weighted by Crippen LogP contribution is -2.55. The molecule has 8 nitrogen and oxygen atoms in total. The second kappa shape index (κ2) is 12.3. The molecule has 0 bridgehead atoms. The number of carbonyl (C=O) groups excluding carboxylic acids is 6. The summed E-state index contributed by atoms with van der Waals surface area (Å²) in [6, 6.07) is -0.519. The zero-order chi connectivity index (χ0) is 35.5. The monoisotopic (exact) mass is 706 g/mol. The van der Waals surface area contributed by atoms with Gasteiger partial charge in [-0.15, -0.1) is 0 Å². The third kappa shape index (κ3) is 5.83. The van der Waals surface area contributed by atoms with Gasteiger partial charge in [-0.3, -0.25) is 38.6 Å². The Hall–Kier alpha value is -3.78. The number of nitrogens with zero attached hydrogens (tertiary/aromatic N) is 2. The van der Waals surface area contributed by atoms with Gasteiger partial charge in [0, 0.05) is 0 Å². The van der Waals surface area contributed by atoms with Crippen LogP contribution < -0.4 is 0 Å². The van der Waals surface area contributed by atoms with E-state index in [-0.39, 0.29) is 36.8 Å². The minimum Gasteiger partial charge on any atom is -0.279 e. The Morgan fingerprint density at radius 2 is 0.894 bits per heavy atom. The molecule has 4 rings (SSSR count). The van der Waals surface area contributed by atoms with E-state index in [0.29, 0.717) is 34.1 Å². The van der Waals surface area contributed by atoms with Crippen LogP contribution in [0.15, 0.2) is 36.4 Å². The third-order valence-electron chi connectivity index (χ3n) is 8.09. The highest BCUT2D eigenvalue weighted by Gasteiger charge is 2.73. The molecule has 2 aliphatic heterocycles. The molecule has 2 aromatic rings. The minimum absolute atomic E-state index is 0.123. The van der Waals surface area contributed by atoms with Crippen molar-refractivity contribution in [1.29, 1.82) is 0 Å². The first-order chi connectivity index (χ1) is 21.6. The Bertz CT molecular complexity index is 1580. The van der Waals surface area contributed by atoms with E-state index < -0.39 is 97.3 Å². The van der Waals surface area contributed by atoms with E-state index in [1.165, 1.54) is 0 Å². The Labute approximate surface area is 273 Å². The second-order valence-corrected chi connectivity index (χ2v) is 12.9. The fourth-order valence-corrected chi connectivity index (χ4v) is 6.40. The predicted molar refractivity (Wildman–Crippen MR) is 155 cm³/mol. The van der Waals surface area contributed by atoms with Crippen molar-refractivity contribution in [2.45, 2.75) is 70.4 Å². The van der Waals surface area contributed by atoms with Crippen molar-refractivity contribution in [1.82, 2.24) is 9.80 Å². The Kier molecular flexibility index (Phi) is 9.47. The third-order valence-corrected chi connectivity index (χ3v) is 8.59. The van der Waals surface area contributed by atoms with Crippen LogP contribution in [0.3, 0.4) is 0 Å². The van der Waals surface area contributed by atoms with Gasteiger partial charge < -0.3 is 0 Å². The SMILES string of the molecule is CC(C)C[C@@H](C(=O)Cl)N1C(=O)c2ccc(C(c3ccc4c(c3)C(=O)N([C@@H](CC(C)C)C(=O)Cl)C4=O)(C(F)(F)F)C(F)(F)F)cc2C1=O. The smallest absolute Gasteiger partial charge is 0.279 e. The maximum Gasteiger partial charge on any atom is 0.411 e. The van der Waals surface area contributed by atoms with Gasteiger partial charge in [0.1, 0.15) is 12.1 Å². The van der Waals surface area contributed by atoms with Crippen LogP contribution in [0.5, 0.6) is 0 Å². The van der Waals surface area contributed by atoms with Crippen molar-refractivity contribution in [3.8, 4) is 0 Å². The van der Waals surface area contributed by atoms with Crippen molar-refractivity contribution in [2.24, 2.45) is 11.8 Å². The van der Waals surface area contributed by atoms with Gasteiger partial charge in [-0.2, -0.15) is 26.3 Å². The number of fused-ring (bicyclic) bond motifs is 2. The molecule has 0 aromatic heterocycles. The molecular formula is C31H26Cl2F6N2O6. The fourth-order valence-electron chi connectivity index (χ4n) is 6.03. The number of carbonyl (C=O) groups is 6. The number of rotatable bonds is 10. The van der Waals surface area contributed by atoms with E-state index in [1.54, 1.807) is 27.7 Å². The maximum atomic E-state index is 15.0. The molecule has 0 spiro atoms. The van der Waals surface area contributed by atoms with Crippen molar-refractivity contribution in [3.05, 3.63) is 69.8 Å². The maximum absolute atomic E-state index is 15.0. The number of halogens is 8. The van der Waals surface area contributed by atoms with Crippen LogP contribution in [0.4, 0.5) is 26.3 Å². The van der Waals surface area contributed by atoms with E-state index in [0.717, 1.165) is 0 Å². The first-order valence-corrected chi connectivity index (χ1v) is 14.9. The molecule has 0 saturated heterocycles. The molecule has 0 fully saturated rings. The number of imide groups is 2. The van der Waals surface area contributed by atoms with Crippen LogP contribution >= 0.6 is 23.2 Å². The van der Waals surface area contributed by atoms with Crippen molar-refractivity contribution < 1.29 is 55.1 Å². The topological polar surface area (TPSA) is 109 Å². The van der Waals surface area contributed by atoms with Crippen LogP contribution in [0, 0.1) is 11.8 Å². The number of hydrogen-bond acceptors (Lipinski definition) is 6. The van der Waals surface area contributed by atoms with E-state index in [2.05, 4.69) is 0 Å². The lowest BCUT2D eigenvalue weighted by molar-refractivity contribution is -0.288. The Morgan fingerprint density at radius 3 is 1.15 bits per heavy atom. The zero-order valence-electron chi connectivity index (χ0n) is 25.1. The normalized spacial score (nSPS) is 16.7. The van der Waals surface area contributed by atoms with Gasteiger partial charge in [0.05, 0.1) is 22.3 Å². The van der Waals surface area contributed by atoms with Crippen molar-refractivity contribution in [3.63, 3.8) is 0 Å². The van der Waals surface area contributed by atoms with Crippen molar-refractivity contribution in [2.75, 3.05) is 0 Å². The van der Waals surface area contributed by atoms with Gasteiger partial charge in [0.25, 0.3) is 23.6 Å². The Morgan fingerprint density at radius 1 is 0.596 bits per heavy atom. The van der Waals surface area contributed by atoms with E-state index >= 15 is 26.3 Å². The van der Waals surface area contributed by atoms with E-state index in [4.69, 9.17) is 23.2 Å². The quantitative estimate of drug-likeness (QED) is 0.156. The number of benzene rings is 2. The van der Waals surface area contributed by atoms with Gasteiger partial charge in [-0.25, -0.2) is 0 Å². The van der Waals surface area contributed by atoms with Gasteiger partial charge in [0.15, 0.2) is 0 Å². The van der Waals surface area contributed by atoms with Gasteiger partial charge in [-0.1, -0.05) is 39.8 Å². The first kappa shape index (κ1) is 36.1. The summed E-state index contributed by atoms with van der Waals surface area (Å²) in [6.45, 7) is 6.54. The molecule has 2 atom stereocenters. The minimum atomic E-state index is -6.18. The number of alkyl halides is 6. The number of hydrogen-bond donors (Lipinski definition) is 0. The summed E-state index contributed by atoms with van der Waals surface area (Å²) in [5.74, 6) is -5.49. The molecule has 0 aliphatic carbocycles. The summed E-state index contributed by atoms with van der Waals surface area (Å²) >= 11 is 11.2. The molecular weight excluding hydrogens is 681 g/mol. The van der Waals surface area contributed by atoms with Crippen molar-refractivity contribution >= 4 is 57.3 Å². The average molecular weight is 707 g/mol. The molecule has 2 aromatic carbocycles. The molecule has 0 radical (unpaired) electrons. The van der Waals surface area contributed by atoms with E-state index in [9.17, 15) is 28.8 Å². The molecule has 0 saturated carbocycles. The first-order valence-electron chi connectivity index (χ1n) is 14.1. The molecule has 252 valence electrons. The lowest BCUT2D eigenvalue weighted by atomic mass is 9.71. The Balaban J connectivity index is 1.93. The molecule has 0 unspecified atom stereocenters. The standard InChI is InChI=1S/C31H26Cl2F6N2O6/c1-13(2)9-21(23(32)42)40-25(44)17-7-5-15(11-19(17)27(40)46)29(30(34,35)36,31(37,38)39)16-6-8-18-20(12-16)28(47)41(26(18)45)22(24(33)43)10-14(3)4/h5-8,11-14,21-22H,9-10H2,1-4H3/t21-,22-/m0/s1. The van der Waals surface area contributed by atoms with E-state index in [1.807, 2.05) is 0 Å². The molecule has 2 aliphatic rings. The summed E-state index contributed by atoms with van der Waals surface area (Å²) in [5, 5.41) is -2.27. The second-order valence-electron chi connectivity index (χ2n) is 12.1. The highest BCUT2D eigenvalue weighted by Crippen LogP contribution is 2.57. The van der Waals surface area contributed by atoms with Crippen LogP contribution in [0.1, 0.15) is 93.1 Å². The highest BCUT2D eigenvalue weighted by molar-refractivity contribution is 6.65. The summed E-state index contributed by atoms with van der Waals surface area (Å²) in [6.07, 6.45) is -12.6. The van der Waals surface area contributed by atoms with Gasteiger partial charge in [-0.05, 0) is 83.3 Å². The van der Waals surface area contributed by atoms with Gasteiger partial charge in [0.2, 0.25) is 15.9 Å². The van der Waals surface area contributed by atoms with Crippen LogP contribution in [-0.4, -0.2) is 68.3 Å². The fraction of sp³-hybridized carbons (Fsp3) is 0.419. The highest BCUT2D eigenvalue weighted by atomic mass is 35.5. The molecule has 0 N–H and O–H groups in total. The summed E-state index contributed by atoms with van der Waals surface area (Å²) in [7, 11) is 0. The van der Waals surface area contributed by atoms with Gasteiger partial charge >= 0.3 is 12.4 Å². The van der Waals surface area contributed by atoms with Crippen LogP contribution in [0.2, 0.25) is 0 Å². The molecule has 47 heavy (non-hydrogen) atoms. The molecule has 16 heteroatoms. The predicted octanol–water partition coefficient (Wildman–Crippen LogP) is 6.65. The molecule has 2 heterocycles. The largest absolute Gasteiger partial charge is 0.411 e. The lowest BCUT2D eigenvalue weighted by Gasteiger charge is -2.38. The zero-order valence-corrected chi connectivity index (χ0v) is 26.6. The number of amides is 4.